The number of rotatable bonds is 5. The van der Waals surface area contributed by atoms with E-state index in [1.54, 1.807) is 0 Å². The Hall–Kier alpha value is -2.44. The Morgan fingerprint density at radius 1 is 0.833 bits per heavy atom. The Balaban J connectivity index is 1.84. The summed E-state index contributed by atoms with van der Waals surface area (Å²) in [5.41, 5.74) is 3.64. The zero-order valence-corrected chi connectivity index (χ0v) is 18.4. The van der Waals surface area contributed by atoms with Crippen LogP contribution in [-0.2, 0) is 20.1 Å². The lowest BCUT2D eigenvalue weighted by molar-refractivity contribution is -0.145. The first kappa shape index (κ1) is 19.5. The van der Waals surface area contributed by atoms with Crippen LogP contribution in [0.25, 0.3) is 0 Å². The van der Waals surface area contributed by atoms with Gasteiger partial charge >= 0.3 is 5.97 Å². The van der Waals surface area contributed by atoms with Gasteiger partial charge in [0.2, 0.25) is 0 Å². The van der Waals surface area contributed by atoms with Crippen LogP contribution < -0.4 is 0 Å². The SMILES string of the molecule is CCOC(=O)C1(C)P2CCC(c3ccccc3)(c3ccccc3)C21c1ccccc1. The Morgan fingerprint density at radius 2 is 1.30 bits per heavy atom. The standard InChI is InChI=1S/C27H27O2P/c1-3-29-24(28)25(2)27(23-17-11-6-12-18-23)26(19-20-30(25)27,21-13-7-4-8-14-21)22-15-9-5-10-16-22/h4-18H,3,19-20H2,1-2H3. The Labute approximate surface area is 180 Å². The summed E-state index contributed by atoms with van der Waals surface area (Å²) in [5.74, 6) is -0.0316. The second-order valence-corrected chi connectivity index (χ2v) is 11.3. The molecule has 30 heavy (non-hydrogen) atoms. The fourth-order valence-corrected chi connectivity index (χ4v) is 10.9. The van der Waals surface area contributed by atoms with Crippen molar-refractivity contribution in [2.24, 2.45) is 0 Å². The van der Waals surface area contributed by atoms with Crippen LogP contribution in [0.2, 0.25) is 0 Å². The lowest BCUT2D eigenvalue weighted by Gasteiger charge is -2.43. The van der Waals surface area contributed by atoms with Crippen molar-refractivity contribution in [2.45, 2.75) is 36.0 Å². The molecule has 2 heterocycles. The van der Waals surface area contributed by atoms with Gasteiger partial charge in [0, 0.05) is 10.6 Å². The molecule has 3 heteroatoms. The van der Waals surface area contributed by atoms with Crippen molar-refractivity contribution in [3.8, 4) is 0 Å². The lowest BCUT2D eigenvalue weighted by Crippen LogP contribution is -2.48. The van der Waals surface area contributed by atoms with Crippen LogP contribution in [-0.4, -0.2) is 23.9 Å². The number of hydrogen-bond acceptors (Lipinski definition) is 2. The highest BCUT2D eigenvalue weighted by Gasteiger charge is 2.88. The number of hydrogen-bond donors (Lipinski definition) is 0. The van der Waals surface area contributed by atoms with Gasteiger partial charge in [0.05, 0.1) is 6.61 Å². The fraction of sp³-hybridized carbons (Fsp3) is 0.296. The predicted molar refractivity (Wildman–Crippen MR) is 123 cm³/mol. The van der Waals surface area contributed by atoms with E-state index in [0.29, 0.717) is 6.61 Å². The molecule has 2 nitrogen and oxygen atoms in total. The van der Waals surface area contributed by atoms with E-state index in [0.717, 1.165) is 12.6 Å². The molecule has 3 atom stereocenters. The molecule has 0 aromatic heterocycles. The average Bonchev–Trinajstić information content (AvgIpc) is 3.17. The molecule has 152 valence electrons. The van der Waals surface area contributed by atoms with Gasteiger partial charge in [-0.2, -0.15) is 0 Å². The number of carbonyl (C=O) groups excluding carboxylic acids is 1. The molecule has 0 aliphatic carbocycles. The molecule has 2 aliphatic heterocycles. The minimum Gasteiger partial charge on any atom is -0.465 e. The fourth-order valence-electron chi connectivity index (χ4n) is 6.25. The van der Waals surface area contributed by atoms with E-state index < -0.39 is 13.1 Å². The largest absolute Gasteiger partial charge is 0.465 e. The molecule has 3 aromatic carbocycles. The van der Waals surface area contributed by atoms with Crippen molar-refractivity contribution in [1.29, 1.82) is 0 Å². The summed E-state index contributed by atoms with van der Waals surface area (Å²) < 4.78 is 5.69. The van der Waals surface area contributed by atoms with Crippen molar-refractivity contribution >= 4 is 13.9 Å². The van der Waals surface area contributed by atoms with Crippen LogP contribution in [0.4, 0.5) is 0 Å². The monoisotopic (exact) mass is 414 g/mol. The van der Waals surface area contributed by atoms with Gasteiger partial charge in [-0.15, -0.1) is 0 Å². The van der Waals surface area contributed by atoms with E-state index in [1.165, 1.54) is 16.7 Å². The summed E-state index contributed by atoms with van der Waals surface area (Å²) in [6.45, 7) is 4.50. The molecule has 2 saturated heterocycles. The van der Waals surface area contributed by atoms with E-state index in [2.05, 4.69) is 97.9 Å². The Morgan fingerprint density at radius 3 is 1.77 bits per heavy atom. The van der Waals surface area contributed by atoms with Crippen LogP contribution >= 0.6 is 7.92 Å². The van der Waals surface area contributed by atoms with Crippen molar-refractivity contribution < 1.29 is 9.53 Å². The van der Waals surface area contributed by atoms with E-state index in [1.807, 2.05) is 6.92 Å². The summed E-state index contributed by atoms with van der Waals surface area (Å²) in [6, 6.07) is 32.4. The zero-order chi connectivity index (χ0) is 20.8. The number of fused-ring (bicyclic) bond motifs is 1. The summed E-state index contributed by atoms with van der Waals surface area (Å²) in [7, 11) is -0.565. The van der Waals surface area contributed by atoms with Crippen LogP contribution in [0, 0.1) is 0 Å². The van der Waals surface area contributed by atoms with Crippen molar-refractivity contribution in [2.75, 3.05) is 12.8 Å². The highest BCUT2D eigenvalue weighted by molar-refractivity contribution is 7.71. The first-order valence-corrected chi connectivity index (χ1v) is 12.3. The van der Waals surface area contributed by atoms with E-state index >= 15 is 0 Å². The molecule has 3 unspecified atom stereocenters. The molecule has 0 spiro atoms. The van der Waals surface area contributed by atoms with Crippen LogP contribution in [0.1, 0.15) is 37.0 Å². The first-order chi connectivity index (χ1) is 14.6. The quantitative estimate of drug-likeness (QED) is 0.373. The lowest BCUT2D eigenvalue weighted by atomic mass is 9.58. The molecule has 0 N–H and O–H groups in total. The Kier molecular flexibility index (Phi) is 4.60. The smallest absolute Gasteiger partial charge is 0.317 e. The molecule has 5 rings (SSSR count). The molecule has 0 radical (unpaired) electrons. The summed E-state index contributed by atoms with van der Waals surface area (Å²) in [5, 5.41) is -0.741. The molecular weight excluding hydrogens is 387 g/mol. The minimum atomic E-state index is -0.565. The molecule has 2 fully saturated rings. The van der Waals surface area contributed by atoms with Crippen molar-refractivity contribution in [3.05, 3.63) is 108 Å². The van der Waals surface area contributed by atoms with Crippen LogP contribution in [0.15, 0.2) is 91.0 Å². The van der Waals surface area contributed by atoms with Gasteiger partial charge in [-0.1, -0.05) is 98.9 Å². The van der Waals surface area contributed by atoms with E-state index in [-0.39, 0.29) is 16.5 Å². The zero-order valence-electron chi connectivity index (χ0n) is 17.5. The summed E-state index contributed by atoms with van der Waals surface area (Å²) in [4.78, 5) is 13.5. The van der Waals surface area contributed by atoms with Gasteiger partial charge in [0.1, 0.15) is 5.16 Å². The predicted octanol–water partition coefficient (Wildman–Crippen LogP) is 6.09. The maximum atomic E-state index is 13.5. The molecular formula is C27H27O2P. The van der Waals surface area contributed by atoms with Gasteiger partial charge in [-0.25, -0.2) is 0 Å². The third kappa shape index (κ3) is 2.26. The summed E-state index contributed by atoms with van der Waals surface area (Å²) >= 11 is 0. The average molecular weight is 414 g/mol. The highest BCUT2D eigenvalue weighted by atomic mass is 31.1. The second kappa shape index (κ2) is 7.06. The van der Waals surface area contributed by atoms with Gasteiger partial charge in [0.15, 0.2) is 0 Å². The van der Waals surface area contributed by atoms with E-state index in [4.69, 9.17) is 4.74 Å². The molecule has 0 amide bonds. The topological polar surface area (TPSA) is 26.3 Å². The highest BCUT2D eigenvalue weighted by Crippen LogP contribution is 2.97. The normalized spacial score (nSPS) is 28.5. The van der Waals surface area contributed by atoms with Crippen LogP contribution in [0.3, 0.4) is 0 Å². The number of ether oxygens (including phenoxy) is 1. The van der Waals surface area contributed by atoms with Gasteiger partial charge in [-0.3, -0.25) is 4.79 Å². The molecule has 0 bridgehead atoms. The first-order valence-electron chi connectivity index (χ1n) is 10.8. The maximum Gasteiger partial charge on any atom is 0.317 e. The molecule has 2 aliphatic rings. The third-order valence-corrected chi connectivity index (χ3v) is 11.3. The Bertz CT molecular complexity index is 1010. The molecule has 3 aromatic rings. The minimum absolute atomic E-state index is 0.0316. The van der Waals surface area contributed by atoms with Gasteiger partial charge in [0.25, 0.3) is 0 Å². The molecule has 0 saturated carbocycles. The summed E-state index contributed by atoms with van der Waals surface area (Å²) in [6.07, 6.45) is 2.12. The van der Waals surface area contributed by atoms with Gasteiger partial charge in [-0.05, 0) is 43.1 Å². The number of esters is 1. The number of benzene rings is 3. The van der Waals surface area contributed by atoms with Crippen molar-refractivity contribution in [3.63, 3.8) is 0 Å². The van der Waals surface area contributed by atoms with Crippen LogP contribution in [0.5, 0.6) is 0 Å². The van der Waals surface area contributed by atoms with Crippen molar-refractivity contribution in [1.82, 2.24) is 0 Å². The van der Waals surface area contributed by atoms with E-state index in [9.17, 15) is 4.79 Å². The number of carbonyl (C=O) groups is 1. The van der Waals surface area contributed by atoms with Gasteiger partial charge < -0.3 is 4.74 Å². The maximum absolute atomic E-state index is 13.5. The third-order valence-electron chi connectivity index (χ3n) is 7.32. The second-order valence-electron chi connectivity index (χ2n) is 8.41.